The fraction of sp³-hybridized carbons (Fsp3) is 0.556. The van der Waals surface area contributed by atoms with Crippen LogP contribution in [-0.2, 0) is 9.59 Å². The minimum Gasteiger partial charge on any atom is -0.273 e. The van der Waals surface area contributed by atoms with E-state index in [4.69, 9.17) is 0 Å². The van der Waals surface area contributed by atoms with E-state index in [0.29, 0.717) is 13.0 Å². The van der Waals surface area contributed by atoms with Gasteiger partial charge in [0.1, 0.15) is 0 Å². The van der Waals surface area contributed by atoms with Crippen LogP contribution in [0.3, 0.4) is 0 Å². The Morgan fingerprint density at radius 2 is 2.23 bits per heavy atom. The first-order valence-corrected chi connectivity index (χ1v) is 4.35. The molecule has 0 saturated carbocycles. The molecule has 0 bridgehead atoms. The quantitative estimate of drug-likeness (QED) is 0.636. The molecule has 1 fully saturated rings. The van der Waals surface area contributed by atoms with Crippen molar-refractivity contribution >= 4 is 11.8 Å². The highest BCUT2D eigenvalue weighted by Crippen LogP contribution is 2.06. The van der Waals surface area contributed by atoms with Gasteiger partial charge in [-0.15, -0.1) is 0 Å². The number of hydrogen-bond donors (Lipinski definition) is 1. The summed E-state index contributed by atoms with van der Waals surface area (Å²) in [6, 6.07) is 0. The molecule has 0 aromatic carbocycles. The second kappa shape index (κ2) is 4.07. The molecular formula is C9H14N2O2. The maximum Gasteiger partial charge on any atom is 0.262 e. The van der Waals surface area contributed by atoms with Gasteiger partial charge < -0.3 is 0 Å². The summed E-state index contributed by atoms with van der Waals surface area (Å²) in [6.07, 6.45) is 2.84. The van der Waals surface area contributed by atoms with Crippen molar-refractivity contribution in [2.45, 2.75) is 26.7 Å². The van der Waals surface area contributed by atoms with E-state index in [9.17, 15) is 9.59 Å². The fourth-order valence-corrected chi connectivity index (χ4v) is 1.19. The predicted molar refractivity (Wildman–Crippen MR) is 48.5 cm³/mol. The number of allylic oxidation sites excluding steroid dienone is 1. The van der Waals surface area contributed by atoms with Gasteiger partial charge in [0.05, 0.1) is 0 Å². The topological polar surface area (TPSA) is 49.4 Å². The maximum absolute atomic E-state index is 11.2. The van der Waals surface area contributed by atoms with Crippen LogP contribution in [0.1, 0.15) is 26.7 Å². The van der Waals surface area contributed by atoms with Crippen molar-refractivity contribution in [3.63, 3.8) is 0 Å². The van der Waals surface area contributed by atoms with Crippen molar-refractivity contribution in [3.05, 3.63) is 11.6 Å². The number of nitrogens with one attached hydrogen (secondary N) is 1. The van der Waals surface area contributed by atoms with Crippen molar-refractivity contribution in [1.29, 1.82) is 0 Å². The monoisotopic (exact) mass is 182 g/mol. The van der Waals surface area contributed by atoms with Gasteiger partial charge in [0.2, 0.25) is 5.91 Å². The smallest absolute Gasteiger partial charge is 0.262 e. The zero-order valence-corrected chi connectivity index (χ0v) is 7.96. The van der Waals surface area contributed by atoms with Crippen molar-refractivity contribution in [2.75, 3.05) is 6.54 Å². The number of amides is 2. The Balaban J connectivity index is 2.44. The van der Waals surface area contributed by atoms with E-state index in [1.54, 1.807) is 0 Å². The predicted octanol–water partition coefficient (Wildman–Crippen LogP) is 0.606. The molecule has 0 radical (unpaired) electrons. The lowest BCUT2D eigenvalue weighted by molar-refractivity contribution is -0.136. The molecule has 0 aromatic heterocycles. The Hall–Kier alpha value is -1.32. The summed E-state index contributed by atoms with van der Waals surface area (Å²) in [4.78, 5) is 22.3. The molecule has 0 atom stereocenters. The molecule has 1 saturated heterocycles. The Bertz CT molecular complexity index is 254. The first-order valence-electron chi connectivity index (χ1n) is 4.35. The zero-order chi connectivity index (χ0) is 9.84. The van der Waals surface area contributed by atoms with Crippen LogP contribution in [0.2, 0.25) is 0 Å². The lowest BCUT2D eigenvalue weighted by Crippen LogP contribution is -2.42. The van der Waals surface area contributed by atoms with Gasteiger partial charge in [-0.25, -0.2) is 0 Å². The van der Waals surface area contributed by atoms with E-state index in [1.165, 1.54) is 11.1 Å². The molecule has 13 heavy (non-hydrogen) atoms. The largest absolute Gasteiger partial charge is 0.273 e. The maximum atomic E-state index is 11.2. The number of rotatable bonds is 2. The first-order chi connectivity index (χ1) is 6.09. The van der Waals surface area contributed by atoms with E-state index < -0.39 is 0 Å². The second-order valence-corrected chi connectivity index (χ2v) is 3.35. The number of carbonyl (C=O) groups excluding carboxylic acids is 2. The van der Waals surface area contributed by atoms with E-state index in [0.717, 1.165) is 12.0 Å². The third-order valence-electron chi connectivity index (χ3n) is 1.74. The Morgan fingerprint density at radius 3 is 2.69 bits per heavy atom. The normalized spacial score (nSPS) is 15.8. The van der Waals surface area contributed by atoms with Gasteiger partial charge in [0.15, 0.2) is 0 Å². The van der Waals surface area contributed by atoms with E-state index in [2.05, 4.69) is 5.43 Å². The molecule has 0 aromatic rings. The number of carbonyl (C=O) groups is 2. The number of hydrogen-bond acceptors (Lipinski definition) is 2. The SMILES string of the molecule is CC(C)=CC(=O)NN1CCCC1=O. The van der Waals surface area contributed by atoms with Crippen LogP contribution in [0.25, 0.3) is 0 Å². The Labute approximate surface area is 77.6 Å². The molecule has 1 aliphatic heterocycles. The fourth-order valence-electron chi connectivity index (χ4n) is 1.19. The van der Waals surface area contributed by atoms with Gasteiger partial charge >= 0.3 is 0 Å². The molecule has 1 rings (SSSR count). The summed E-state index contributed by atoms with van der Waals surface area (Å²) in [6.45, 7) is 4.30. The number of nitrogens with zero attached hydrogens (tertiary/aromatic N) is 1. The minimum absolute atomic E-state index is 0.00416. The molecule has 1 N–H and O–H groups in total. The summed E-state index contributed by atoms with van der Waals surface area (Å²) in [7, 11) is 0. The molecule has 4 heteroatoms. The summed E-state index contributed by atoms with van der Waals surface area (Å²) in [5.41, 5.74) is 3.45. The standard InChI is InChI=1S/C9H14N2O2/c1-7(2)6-8(12)10-11-5-3-4-9(11)13/h6H,3-5H2,1-2H3,(H,10,12). The molecule has 1 heterocycles. The summed E-state index contributed by atoms with van der Waals surface area (Å²) in [5, 5.41) is 1.38. The highest BCUT2D eigenvalue weighted by atomic mass is 16.2. The Morgan fingerprint density at radius 1 is 1.54 bits per heavy atom. The van der Waals surface area contributed by atoms with Gasteiger partial charge in [-0.3, -0.25) is 20.0 Å². The summed E-state index contributed by atoms with van der Waals surface area (Å²) >= 11 is 0. The van der Waals surface area contributed by atoms with Crippen molar-refractivity contribution < 1.29 is 9.59 Å². The van der Waals surface area contributed by atoms with Crippen molar-refractivity contribution in [1.82, 2.24) is 10.4 Å². The summed E-state index contributed by atoms with van der Waals surface area (Å²) in [5.74, 6) is -0.231. The molecular weight excluding hydrogens is 168 g/mol. The zero-order valence-electron chi connectivity index (χ0n) is 7.96. The minimum atomic E-state index is -0.227. The lowest BCUT2D eigenvalue weighted by atomic mass is 10.3. The van der Waals surface area contributed by atoms with Crippen molar-refractivity contribution in [2.24, 2.45) is 0 Å². The van der Waals surface area contributed by atoms with Crippen LogP contribution in [-0.4, -0.2) is 23.4 Å². The Kier molecular flexibility index (Phi) is 3.06. The van der Waals surface area contributed by atoms with E-state index in [-0.39, 0.29) is 11.8 Å². The molecule has 4 nitrogen and oxygen atoms in total. The van der Waals surface area contributed by atoms with Gasteiger partial charge in [-0.2, -0.15) is 0 Å². The second-order valence-electron chi connectivity index (χ2n) is 3.35. The van der Waals surface area contributed by atoms with Gasteiger partial charge in [-0.05, 0) is 20.3 Å². The molecule has 1 aliphatic rings. The highest BCUT2D eigenvalue weighted by Gasteiger charge is 2.20. The molecule has 0 unspecified atom stereocenters. The van der Waals surface area contributed by atoms with Gasteiger partial charge in [0.25, 0.3) is 5.91 Å². The van der Waals surface area contributed by atoms with Crippen molar-refractivity contribution in [3.8, 4) is 0 Å². The lowest BCUT2D eigenvalue weighted by Gasteiger charge is -2.15. The molecule has 2 amide bonds. The third-order valence-corrected chi connectivity index (χ3v) is 1.74. The molecule has 0 aliphatic carbocycles. The van der Waals surface area contributed by atoms with Gasteiger partial charge in [0, 0.05) is 19.0 Å². The van der Waals surface area contributed by atoms with E-state index in [1.807, 2.05) is 13.8 Å². The van der Waals surface area contributed by atoms with Crippen LogP contribution < -0.4 is 5.43 Å². The van der Waals surface area contributed by atoms with Crippen LogP contribution in [0.5, 0.6) is 0 Å². The van der Waals surface area contributed by atoms with Crippen LogP contribution in [0.4, 0.5) is 0 Å². The van der Waals surface area contributed by atoms with E-state index >= 15 is 0 Å². The van der Waals surface area contributed by atoms with Gasteiger partial charge in [-0.1, -0.05) is 5.57 Å². The third kappa shape index (κ3) is 2.89. The van der Waals surface area contributed by atoms with Crippen LogP contribution in [0.15, 0.2) is 11.6 Å². The first kappa shape index (κ1) is 9.77. The average Bonchev–Trinajstić information content (AvgIpc) is 2.34. The summed E-state index contributed by atoms with van der Waals surface area (Å²) < 4.78 is 0. The molecule has 0 spiro atoms. The van der Waals surface area contributed by atoms with Crippen LogP contribution >= 0.6 is 0 Å². The number of hydrazine groups is 1. The van der Waals surface area contributed by atoms with Crippen LogP contribution in [0, 0.1) is 0 Å². The highest BCUT2D eigenvalue weighted by molar-refractivity contribution is 5.90. The average molecular weight is 182 g/mol. The molecule has 72 valence electrons.